The van der Waals surface area contributed by atoms with Crippen LogP contribution in [0, 0.1) is 12.3 Å². The highest BCUT2D eigenvalue weighted by atomic mass is 79.9. The maximum atomic E-state index is 13.3. The number of nitrogens with zero attached hydrogens (tertiary/aromatic N) is 2. The van der Waals surface area contributed by atoms with E-state index < -0.39 is 0 Å². The molecule has 1 aliphatic heterocycles. The number of hydrogen-bond acceptors (Lipinski definition) is 6. The molecule has 0 radical (unpaired) electrons. The first-order chi connectivity index (χ1) is 15.7. The molecule has 2 aromatic rings. The monoisotopic (exact) mass is 550 g/mol. The van der Waals surface area contributed by atoms with E-state index in [1.54, 1.807) is 23.7 Å². The molecular formula is C25H31BrN2O3S2. The molecule has 1 fully saturated rings. The fourth-order valence-corrected chi connectivity index (χ4v) is 7.54. The summed E-state index contributed by atoms with van der Waals surface area (Å²) in [5.74, 6) is -0.0972. The molecule has 5 nitrogen and oxygen atoms in total. The number of rotatable bonds is 7. The predicted molar refractivity (Wildman–Crippen MR) is 137 cm³/mol. The van der Waals surface area contributed by atoms with Gasteiger partial charge in [0.1, 0.15) is 6.54 Å². The summed E-state index contributed by atoms with van der Waals surface area (Å²) in [4.78, 5) is 29.0. The number of ketones is 1. The van der Waals surface area contributed by atoms with E-state index in [0.29, 0.717) is 13.0 Å². The Labute approximate surface area is 213 Å². The third-order valence-electron chi connectivity index (χ3n) is 6.14. The van der Waals surface area contributed by atoms with Crippen LogP contribution in [0.1, 0.15) is 61.8 Å². The number of aromatic nitrogens is 1. The van der Waals surface area contributed by atoms with Crippen LogP contribution in [0.3, 0.4) is 0 Å². The van der Waals surface area contributed by atoms with Gasteiger partial charge in [-0.1, -0.05) is 41.5 Å². The van der Waals surface area contributed by atoms with Crippen LogP contribution in [0.2, 0.25) is 0 Å². The Balaban J connectivity index is 1.75. The zero-order valence-electron chi connectivity index (χ0n) is 19.7. The van der Waals surface area contributed by atoms with Crippen LogP contribution in [0.5, 0.6) is 0 Å². The Kier molecular flexibility index (Phi) is 7.68. The van der Waals surface area contributed by atoms with Crippen LogP contribution in [-0.2, 0) is 22.5 Å². The molecule has 0 amide bonds. The van der Waals surface area contributed by atoms with Crippen molar-refractivity contribution in [1.82, 2.24) is 8.87 Å². The highest BCUT2D eigenvalue weighted by Gasteiger charge is 2.37. The molecule has 2 heterocycles. The fraction of sp³-hybridized carbons (Fsp3) is 0.520. The van der Waals surface area contributed by atoms with Crippen LogP contribution < -0.4 is 0 Å². The summed E-state index contributed by atoms with van der Waals surface area (Å²) in [5.41, 5.74) is 2.60. The molecule has 33 heavy (non-hydrogen) atoms. The molecule has 4 rings (SSSR count). The smallest absolute Gasteiger partial charge is 0.325 e. The molecule has 1 aromatic heterocycles. The van der Waals surface area contributed by atoms with E-state index in [2.05, 4.69) is 52.3 Å². The zero-order valence-corrected chi connectivity index (χ0v) is 22.9. The van der Waals surface area contributed by atoms with Crippen molar-refractivity contribution in [3.63, 3.8) is 0 Å². The lowest BCUT2D eigenvalue weighted by atomic mass is 9.76. The van der Waals surface area contributed by atoms with Crippen molar-refractivity contribution in [2.45, 2.75) is 74.6 Å². The minimum atomic E-state index is -0.264. The van der Waals surface area contributed by atoms with Crippen LogP contribution in [-0.4, -0.2) is 40.3 Å². The third kappa shape index (κ3) is 5.55. The van der Waals surface area contributed by atoms with E-state index in [1.165, 1.54) is 17.7 Å². The number of fused-ring (bicyclic) bond motifs is 1. The zero-order chi connectivity index (χ0) is 23.8. The van der Waals surface area contributed by atoms with E-state index in [0.717, 1.165) is 50.7 Å². The minimum absolute atomic E-state index is 0.127. The second-order valence-electron chi connectivity index (χ2n) is 9.49. The number of Topliss-reactive ketones (excluding diaryl/α,β-unsaturated/α-hetero) is 1. The van der Waals surface area contributed by atoms with Crippen molar-refractivity contribution >= 4 is 51.4 Å². The summed E-state index contributed by atoms with van der Waals surface area (Å²) in [6.07, 6.45) is 3.75. The normalized spacial score (nSPS) is 17.9. The van der Waals surface area contributed by atoms with E-state index >= 15 is 0 Å². The summed E-state index contributed by atoms with van der Waals surface area (Å²) in [7, 11) is 0. The first-order valence-electron chi connectivity index (χ1n) is 11.5. The summed E-state index contributed by atoms with van der Waals surface area (Å²) in [5, 5.41) is 0. The minimum Gasteiger partial charge on any atom is -0.465 e. The third-order valence-corrected chi connectivity index (χ3v) is 9.20. The van der Waals surface area contributed by atoms with Crippen LogP contribution >= 0.6 is 39.6 Å². The predicted octanol–water partition coefficient (Wildman–Crippen LogP) is 6.53. The molecule has 0 bridgehead atoms. The van der Waals surface area contributed by atoms with Gasteiger partial charge in [-0.25, -0.2) is 4.31 Å². The van der Waals surface area contributed by atoms with Crippen molar-refractivity contribution < 1.29 is 14.3 Å². The van der Waals surface area contributed by atoms with E-state index in [-0.39, 0.29) is 23.7 Å². The molecule has 2 aliphatic rings. The maximum Gasteiger partial charge on any atom is 0.325 e. The number of carbonyl (C=O) groups is 2. The number of benzene rings is 1. The Morgan fingerprint density at radius 3 is 2.61 bits per heavy atom. The van der Waals surface area contributed by atoms with E-state index in [9.17, 15) is 9.59 Å². The summed E-state index contributed by atoms with van der Waals surface area (Å²) in [6, 6.07) is 6.34. The highest BCUT2D eigenvalue weighted by Crippen LogP contribution is 2.46. The van der Waals surface area contributed by atoms with Gasteiger partial charge in [-0.3, -0.25) is 9.59 Å². The standard InChI is InChI=1S/C25H31BrN2O3S2/c1-5-31-22(30)15-28-16(2)24(23-18(28)13-25(3,4)14-19(23)29)32-20-9-8-17(26)12-21(20)33-27-10-6-7-11-27/h8-9,12H,5-7,10-11,13-15H2,1-4H3. The van der Waals surface area contributed by atoms with Crippen molar-refractivity contribution in [2.24, 2.45) is 5.41 Å². The molecule has 8 heteroatoms. The summed E-state index contributed by atoms with van der Waals surface area (Å²) in [6.45, 7) is 10.8. The Bertz CT molecular complexity index is 1070. The Morgan fingerprint density at radius 2 is 1.91 bits per heavy atom. The maximum absolute atomic E-state index is 13.3. The van der Waals surface area contributed by atoms with Gasteiger partial charge in [-0.05, 0) is 68.7 Å². The summed E-state index contributed by atoms with van der Waals surface area (Å²) >= 11 is 7.07. The Hall–Kier alpha value is -1.22. The molecule has 0 N–H and O–H groups in total. The molecule has 0 spiro atoms. The van der Waals surface area contributed by atoms with Gasteiger partial charge >= 0.3 is 5.97 Å². The Morgan fingerprint density at radius 1 is 1.18 bits per heavy atom. The van der Waals surface area contributed by atoms with Crippen LogP contribution in [0.25, 0.3) is 0 Å². The van der Waals surface area contributed by atoms with Gasteiger partial charge in [-0.2, -0.15) is 0 Å². The average Bonchev–Trinajstić information content (AvgIpc) is 3.32. The average molecular weight is 552 g/mol. The SMILES string of the molecule is CCOC(=O)Cn1c(C)c(Sc2ccc(Br)cc2SN2CCCC2)c2c1CC(C)(C)CC2=O. The van der Waals surface area contributed by atoms with Gasteiger partial charge in [0.2, 0.25) is 0 Å². The van der Waals surface area contributed by atoms with Gasteiger partial charge in [0.25, 0.3) is 0 Å². The number of hydrogen-bond donors (Lipinski definition) is 0. The lowest BCUT2D eigenvalue weighted by Crippen LogP contribution is -2.29. The van der Waals surface area contributed by atoms with Crippen molar-refractivity contribution in [1.29, 1.82) is 0 Å². The number of esters is 1. The van der Waals surface area contributed by atoms with Crippen LogP contribution in [0.4, 0.5) is 0 Å². The highest BCUT2D eigenvalue weighted by molar-refractivity contribution is 9.10. The van der Waals surface area contributed by atoms with E-state index in [1.807, 2.05) is 18.4 Å². The lowest BCUT2D eigenvalue weighted by Gasteiger charge is -2.30. The molecule has 0 atom stereocenters. The molecule has 1 saturated heterocycles. The summed E-state index contributed by atoms with van der Waals surface area (Å²) < 4.78 is 10.7. The van der Waals surface area contributed by atoms with Gasteiger partial charge in [0, 0.05) is 50.1 Å². The van der Waals surface area contributed by atoms with Crippen molar-refractivity contribution in [3.8, 4) is 0 Å². The van der Waals surface area contributed by atoms with Gasteiger partial charge in [0.15, 0.2) is 5.78 Å². The lowest BCUT2D eigenvalue weighted by molar-refractivity contribution is -0.143. The molecular weight excluding hydrogens is 520 g/mol. The molecule has 0 unspecified atom stereocenters. The number of ether oxygens (including phenoxy) is 1. The van der Waals surface area contributed by atoms with E-state index in [4.69, 9.17) is 4.74 Å². The van der Waals surface area contributed by atoms with Gasteiger partial charge < -0.3 is 9.30 Å². The van der Waals surface area contributed by atoms with Crippen molar-refractivity contribution in [3.05, 3.63) is 39.6 Å². The van der Waals surface area contributed by atoms with Crippen LogP contribution in [0.15, 0.2) is 37.4 Å². The topological polar surface area (TPSA) is 51.5 Å². The fourth-order valence-electron chi connectivity index (χ4n) is 4.62. The molecule has 0 saturated carbocycles. The molecule has 1 aromatic carbocycles. The quantitative estimate of drug-likeness (QED) is 0.288. The largest absolute Gasteiger partial charge is 0.465 e. The molecule has 178 valence electrons. The van der Waals surface area contributed by atoms with Gasteiger partial charge in [-0.15, -0.1) is 0 Å². The number of halogens is 1. The van der Waals surface area contributed by atoms with Gasteiger partial charge in [0.05, 0.1) is 12.2 Å². The number of carbonyl (C=O) groups excluding carboxylic acids is 2. The second kappa shape index (κ2) is 10.2. The first-order valence-corrected chi connectivity index (χ1v) is 13.9. The molecule has 1 aliphatic carbocycles. The second-order valence-corrected chi connectivity index (χ2v) is 12.6. The van der Waals surface area contributed by atoms with Crippen molar-refractivity contribution in [2.75, 3.05) is 19.7 Å². The first kappa shape index (κ1) is 24.9.